The van der Waals surface area contributed by atoms with Gasteiger partial charge in [0, 0.05) is 40.8 Å². The lowest BCUT2D eigenvalue weighted by Gasteiger charge is -2.22. The Balaban J connectivity index is 1.34. The maximum absolute atomic E-state index is 11.2. The number of benzene rings is 4. The molecule has 0 amide bonds. The summed E-state index contributed by atoms with van der Waals surface area (Å²) < 4.78 is 0. The summed E-state index contributed by atoms with van der Waals surface area (Å²) in [5, 5.41) is 31.4. The van der Waals surface area contributed by atoms with Crippen molar-refractivity contribution in [1.82, 2.24) is 20.6 Å². The van der Waals surface area contributed by atoms with Crippen LogP contribution >= 0.6 is 11.6 Å². The first-order valence-electron chi connectivity index (χ1n) is 13.4. The molecule has 0 aliphatic heterocycles. The molecule has 2 heterocycles. The molecule has 4 aromatic carbocycles. The van der Waals surface area contributed by atoms with Gasteiger partial charge in [-0.1, -0.05) is 90.5 Å². The summed E-state index contributed by atoms with van der Waals surface area (Å²) >= 11 is 6.79. The van der Waals surface area contributed by atoms with Gasteiger partial charge >= 0.3 is 0 Å². The second kappa shape index (κ2) is 11.6. The van der Waals surface area contributed by atoms with Gasteiger partial charge < -0.3 is 20.8 Å². The van der Waals surface area contributed by atoms with Crippen LogP contribution in [0.3, 0.4) is 0 Å². The van der Waals surface area contributed by atoms with Crippen molar-refractivity contribution in [3.63, 3.8) is 0 Å². The molecule has 4 N–H and O–H groups in total. The molecule has 41 heavy (non-hydrogen) atoms. The number of nitrogens with one attached hydrogen (secondary N) is 2. The third-order valence-corrected chi connectivity index (χ3v) is 7.76. The van der Waals surface area contributed by atoms with E-state index >= 15 is 0 Å². The van der Waals surface area contributed by atoms with Gasteiger partial charge in [0.15, 0.2) is 0 Å². The molecule has 2 unspecified atom stereocenters. The molecule has 0 aliphatic rings. The van der Waals surface area contributed by atoms with Crippen molar-refractivity contribution >= 4 is 33.4 Å². The Morgan fingerprint density at radius 2 is 1.41 bits per heavy atom. The Morgan fingerprint density at radius 3 is 2.12 bits per heavy atom. The van der Waals surface area contributed by atoms with Gasteiger partial charge in [0.05, 0.1) is 17.1 Å². The van der Waals surface area contributed by atoms with E-state index in [1.165, 1.54) is 0 Å². The van der Waals surface area contributed by atoms with Crippen LogP contribution in [0.25, 0.3) is 21.8 Å². The summed E-state index contributed by atoms with van der Waals surface area (Å²) in [4.78, 5) is 9.03. The molecule has 6 rings (SSSR count). The predicted molar refractivity (Wildman–Crippen MR) is 164 cm³/mol. The molecular formula is C34H29ClN4O2. The number of phenolic OH excluding ortho intramolecular Hbond substituents is 2. The molecule has 0 bridgehead atoms. The van der Waals surface area contributed by atoms with Crippen molar-refractivity contribution in [2.24, 2.45) is 0 Å². The number of hydrogen-bond donors (Lipinski definition) is 4. The highest BCUT2D eigenvalue weighted by atomic mass is 35.5. The Kier molecular flexibility index (Phi) is 7.53. The van der Waals surface area contributed by atoms with Gasteiger partial charge in [-0.3, -0.25) is 9.97 Å². The average molecular weight is 561 g/mol. The minimum atomic E-state index is -0.299. The van der Waals surface area contributed by atoms with E-state index in [0.29, 0.717) is 33.6 Å². The quantitative estimate of drug-likeness (QED) is 0.160. The zero-order valence-corrected chi connectivity index (χ0v) is 23.2. The Bertz CT molecular complexity index is 1830. The number of aromatic nitrogens is 2. The van der Waals surface area contributed by atoms with E-state index in [4.69, 9.17) is 11.6 Å². The predicted octanol–water partition coefficient (Wildman–Crippen LogP) is 7.04. The third-order valence-electron chi connectivity index (χ3n) is 7.45. The topological polar surface area (TPSA) is 90.3 Å². The molecule has 204 valence electrons. The van der Waals surface area contributed by atoms with Gasteiger partial charge in [0.1, 0.15) is 22.5 Å². The number of aromatic hydroxyl groups is 2. The monoisotopic (exact) mass is 560 g/mol. The molecule has 2 atom stereocenters. The highest BCUT2D eigenvalue weighted by Gasteiger charge is 2.22. The molecule has 6 aromatic rings. The summed E-state index contributed by atoms with van der Waals surface area (Å²) in [6.07, 6.45) is 3.43. The molecule has 7 heteroatoms. The fourth-order valence-electron chi connectivity index (χ4n) is 5.41. The van der Waals surface area contributed by atoms with Gasteiger partial charge in [0.25, 0.3) is 0 Å². The summed E-state index contributed by atoms with van der Waals surface area (Å²) in [5.74, 6) is 0.252. The number of rotatable bonds is 8. The minimum absolute atomic E-state index is 0.0999. The number of fused-ring (bicyclic) bond motifs is 2. The van der Waals surface area contributed by atoms with E-state index in [-0.39, 0.29) is 23.6 Å². The number of phenols is 2. The molecule has 2 aromatic heterocycles. The average Bonchev–Trinajstić information content (AvgIpc) is 3.02. The van der Waals surface area contributed by atoms with Crippen molar-refractivity contribution in [2.75, 3.05) is 7.05 Å². The van der Waals surface area contributed by atoms with Gasteiger partial charge in [-0.2, -0.15) is 0 Å². The number of nitrogens with zero attached hydrogens (tertiary/aromatic N) is 2. The highest BCUT2D eigenvalue weighted by Crippen LogP contribution is 2.39. The van der Waals surface area contributed by atoms with Gasteiger partial charge in [0.2, 0.25) is 0 Å². The molecule has 0 radical (unpaired) electrons. The molecule has 0 spiro atoms. The molecular weight excluding hydrogens is 532 g/mol. The Hall–Kier alpha value is -4.49. The van der Waals surface area contributed by atoms with E-state index in [9.17, 15) is 10.2 Å². The summed E-state index contributed by atoms with van der Waals surface area (Å²) in [7, 11) is 1.85. The molecule has 0 saturated carbocycles. The van der Waals surface area contributed by atoms with E-state index < -0.39 is 0 Å². The SMILES string of the molecule is CNC(c1ccccc1)c1cc(Cl)c2cc(CNC(c3ccccc3)c3ccc4cccnc4c3O)cnc2c1O. The van der Waals surface area contributed by atoms with Crippen molar-refractivity contribution in [2.45, 2.75) is 18.6 Å². The van der Waals surface area contributed by atoms with Crippen LogP contribution < -0.4 is 10.6 Å². The van der Waals surface area contributed by atoms with Crippen molar-refractivity contribution in [3.05, 3.63) is 142 Å². The van der Waals surface area contributed by atoms with E-state index in [1.54, 1.807) is 18.5 Å². The first-order valence-corrected chi connectivity index (χ1v) is 13.8. The van der Waals surface area contributed by atoms with Gasteiger partial charge in [-0.25, -0.2) is 0 Å². The molecule has 0 saturated heterocycles. The lowest BCUT2D eigenvalue weighted by Crippen LogP contribution is -2.22. The zero-order chi connectivity index (χ0) is 28.3. The van der Waals surface area contributed by atoms with Gasteiger partial charge in [-0.15, -0.1) is 0 Å². The first-order chi connectivity index (χ1) is 20.0. The standard InChI is InChI=1S/C34H29ClN4O2/c1-36-29(22-9-4-2-5-10-22)27-18-28(35)26-17-21(20-39-32(26)34(27)41)19-38-30(23-11-6-3-7-12-23)25-15-14-24-13-8-16-37-31(24)33(25)40/h2-18,20,29-30,36,38,40-41H,19H2,1H3. The van der Waals surface area contributed by atoms with Crippen molar-refractivity contribution in [1.29, 1.82) is 0 Å². The van der Waals surface area contributed by atoms with Crippen molar-refractivity contribution in [3.8, 4) is 11.5 Å². The Labute approximate surface area is 243 Å². The molecule has 6 nitrogen and oxygen atoms in total. The largest absolute Gasteiger partial charge is 0.505 e. The van der Waals surface area contributed by atoms with Gasteiger partial charge in [-0.05, 0) is 41.9 Å². The third kappa shape index (κ3) is 5.21. The van der Waals surface area contributed by atoms with Crippen LogP contribution in [0.2, 0.25) is 5.02 Å². The lowest BCUT2D eigenvalue weighted by molar-refractivity contribution is 0.461. The molecule has 0 aliphatic carbocycles. The number of pyridine rings is 2. The summed E-state index contributed by atoms with van der Waals surface area (Å²) in [6.45, 7) is 0.449. The lowest BCUT2D eigenvalue weighted by atomic mass is 9.95. The summed E-state index contributed by atoms with van der Waals surface area (Å²) in [6, 6.07) is 30.8. The first kappa shape index (κ1) is 26.7. The smallest absolute Gasteiger partial charge is 0.147 e. The van der Waals surface area contributed by atoms with Crippen LogP contribution in [0, 0.1) is 0 Å². The van der Waals surface area contributed by atoms with Crippen LogP contribution in [0.15, 0.2) is 109 Å². The normalized spacial score (nSPS) is 12.9. The second-order valence-corrected chi connectivity index (χ2v) is 10.4. The van der Waals surface area contributed by atoms with Crippen LogP contribution in [0.4, 0.5) is 0 Å². The second-order valence-electron chi connectivity index (χ2n) is 9.97. The molecule has 0 fully saturated rings. The zero-order valence-electron chi connectivity index (χ0n) is 22.4. The van der Waals surface area contributed by atoms with Crippen LogP contribution in [-0.4, -0.2) is 27.2 Å². The van der Waals surface area contributed by atoms with Crippen LogP contribution in [0.5, 0.6) is 11.5 Å². The fraction of sp³-hybridized carbons (Fsp3) is 0.118. The maximum Gasteiger partial charge on any atom is 0.147 e. The van der Waals surface area contributed by atoms with Crippen LogP contribution in [0.1, 0.15) is 39.9 Å². The van der Waals surface area contributed by atoms with E-state index in [1.807, 2.05) is 98.0 Å². The van der Waals surface area contributed by atoms with Crippen LogP contribution in [-0.2, 0) is 6.54 Å². The summed E-state index contributed by atoms with van der Waals surface area (Å²) in [5.41, 5.74) is 5.32. The number of halogens is 1. The minimum Gasteiger partial charge on any atom is -0.505 e. The maximum atomic E-state index is 11.2. The van der Waals surface area contributed by atoms with E-state index in [0.717, 1.165) is 27.6 Å². The Morgan fingerprint density at radius 1 is 0.732 bits per heavy atom. The highest BCUT2D eigenvalue weighted by molar-refractivity contribution is 6.35. The van der Waals surface area contributed by atoms with Crippen molar-refractivity contribution < 1.29 is 10.2 Å². The fourth-order valence-corrected chi connectivity index (χ4v) is 5.67. The number of hydrogen-bond acceptors (Lipinski definition) is 6. The van der Waals surface area contributed by atoms with E-state index in [2.05, 4.69) is 20.6 Å².